The molecule has 1 amide bonds. The van der Waals surface area contributed by atoms with Crippen LogP contribution in [-0.2, 0) is 4.74 Å². The molecule has 0 saturated carbocycles. The molecule has 1 atom stereocenters. The molecule has 1 aromatic heterocycles. The lowest BCUT2D eigenvalue weighted by atomic mass is 10.1. The summed E-state index contributed by atoms with van der Waals surface area (Å²) in [6.45, 7) is 6.90. The van der Waals surface area contributed by atoms with Crippen LogP contribution in [0.15, 0.2) is 23.5 Å². The van der Waals surface area contributed by atoms with E-state index in [9.17, 15) is 4.79 Å². The Morgan fingerprint density at radius 3 is 2.81 bits per heavy atom. The van der Waals surface area contributed by atoms with Gasteiger partial charge >= 0.3 is 0 Å². The Kier molecular flexibility index (Phi) is 4.13. The van der Waals surface area contributed by atoms with Crippen molar-refractivity contribution >= 4 is 11.7 Å². The van der Waals surface area contributed by atoms with Gasteiger partial charge in [0.1, 0.15) is 5.69 Å². The fraction of sp³-hybridized carbons (Fsp3) is 0.500. The first-order chi connectivity index (χ1) is 9.82. The topological polar surface area (TPSA) is 101 Å². The van der Waals surface area contributed by atoms with Crippen LogP contribution in [0.25, 0.3) is 0 Å². The molecule has 2 rings (SSSR count). The number of hydrogen-bond acceptors (Lipinski definition) is 5. The number of carbonyl (C=O) groups is 1. The third kappa shape index (κ3) is 3.49. The van der Waals surface area contributed by atoms with E-state index in [1.807, 2.05) is 20.8 Å². The van der Waals surface area contributed by atoms with Crippen molar-refractivity contribution in [1.29, 1.82) is 0 Å². The largest absolute Gasteiger partial charge is 0.409 e. The molecule has 7 nitrogen and oxygen atoms in total. The van der Waals surface area contributed by atoms with Gasteiger partial charge in [-0.05, 0) is 32.9 Å². The molecule has 1 fully saturated rings. The molecule has 0 radical (unpaired) electrons. The zero-order valence-corrected chi connectivity index (χ0v) is 12.4. The van der Waals surface area contributed by atoms with E-state index in [0.717, 1.165) is 0 Å². The second-order valence-electron chi connectivity index (χ2n) is 5.79. The zero-order chi connectivity index (χ0) is 15.6. The molecular formula is C14H20N4O3. The van der Waals surface area contributed by atoms with Crippen LogP contribution in [0.2, 0.25) is 0 Å². The summed E-state index contributed by atoms with van der Waals surface area (Å²) in [5.74, 6) is -0.188. The summed E-state index contributed by atoms with van der Waals surface area (Å²) in [6.07, 6.45) is 1.39. The van der Waals surface area contributed by atoms with Crippen molar-refractivity contribution in [1.82, 2.24) is 9.88 Å². The molecule has 0 spiro atoms. The van der Waals surface area contributed by atoms with Gasteiger partial charge in [-0.1, -0.05) is 5.16 Å². The number of aromatic nitrogens is 1. The van der Waals surface area contributed by atoms with Crippen LogP contribution in [0.4, 0.5) is 0 Å². The van der Waals surface area contributed by atoms with Crippen LogP contribution in [0.5, 0.6) is 0 Å². The number of pyridine rings is 1. The van der Waals surface area contributed by atoms with Crippen molar-refractivity contribution in [3.63, 3.8) is 0 Å². The van der Waals surface area contributed by atoms with Gasteiger partial charge in [0.25, 0.3) is 5.91 Å². The van der Waals surface area contributed by atoms with E-state index in [1.165, 1.54) is 6.20 Å². The van der Waals surface area contributed by atoms with Crippen molar-refractivity contribution in [2.45, 2.75) is 32.5 Å². The Morgan fingerprint density at radius 1 is 1.57 bits per heavy atom. The smallest absolute Gasteiger partial charge is 0.272 e. The molecule has 3 N–H and O–H groups in total. The molecule has 0 aliphatic carbocycles. The molecule has 114 valence electrons. The van der Waals surface area contributed by atoms with E-state index in [-0.39, 0.29) is 23.4 Å². The highest BCUT2D eigenvalue weighted by molar-refractivity contribution is 5.98. The summed E-state index contributed by atoms with van der Waals surface area (Å²) in [5.41, 5.74) is 5.88. The van der Waals surface area contributed by atoms with Gasteiger partial charge in [0, 0.05) is 24.8 Å². The molecule has 0 bridgehead atoms. The third-order valence-electron chi connectivity index (χ3n) is 3.24. The predicted molar refractivity (Wildman–Crippen MR) is 77.3 cm³/mol. The van der Waals surface area contributed by atoms with Crippen LogP contribution in [0, 0.1) is 0 Å². The minimum atomic E-state index is -0.374. The number of nitrogens with zero attached hydrogens (tertiary/aromatic N) is 3. The second-order valence-corrected chi connectivity index (χ2v) is 5.79. The van der Waals surface area contributed by atoms with Gasteiger partial charge in [-0.3, -0.25) is 9.78 Å². The normalized spacial score (nSPS) is 22.1. The highest BCUT2D eigenvalue weighted by Crippen LogP contribution is 2.22. The first kappa shape index (κ1) is 15.2. The van der Waals surface area contributed by atoms with Gasteiger partial charge in [-0.2, -0.15) is 0 Å². The maximum atomic E-state index is 12.5. The molecule has 1 aliphatic heterocycles. The average molecular weight is 292 g/mol. The lowest BCUT2D eigenvalue weighted by Gasteiger charge is -2.41. The summed E-state index contributed by atoms with van der Waals surface area (Å²) in [4.78, 5) is 18.3. The Labute approximate surface area is 123 Å². The number of morpholine rings is 1. The van der Waals surface area contributed by atoms with Crippen LogP contribution in [0.3, 0.4) is 0 Å². The van der Waals surface area contributed by atoms with E-state index in [4.69, 9.17) is 15.7 Å². The average Bonchev–Trinajstić information content (AvgIpc) is 2.43. The van der Waals surface area contributed by atoms with Gasteiger partial charge in [0.2, 0.25) is 0 Å². The lowest BCUT2D eigenvalue weighted by Crippen LogP contribution is -2.53. The van der Waals surface area contributed by atoms with Crippen molar-refractivity contribution in [3.05, 3.63) is 29.6 Å². The summed E-state index contributed by atoms with van der Waals surface area (Å²) in [5, 5.41) is 11.5. The lowest BCUT2D eigenvalue weighted by molar-refractivity contribution is -0.118. The van der Waals surface area contributed by atoms with E-state index in [0.29, 0.717) is 24.3 Å². The Hall–Kier alpha value is -2.15. The van der Waals surface area contributed by atoms with E-state index < -0.39 is 0 Å². The molecular weight excluding hydrogens is 272 g/mol. The van der Waals surface area contributed by atoms with Gasteiger partial charge in [0.05, 0.1) is 11.7 Å². The number of amidine groups is 1. The summed E-state index contributed by atoms with van der Waals surface area (Å²) < 4.78 is 5.78. The minimum Gasteiger partial charge on any atom is -0.409 e. The maximum Gasteiger partial charge on any atom is 0.272 e. The molecule has 1 unspecified atom stereocenters. The molecule has 1 aliphatic rings. The highest BCUT2D eigenvalue weighted by Gasteiger charge is 2.34. The Morgan fingerprint density at radius 2 is 2.29 bits per heavy atom. The fourth-order valence-corrected chi connectivity index (χ4v) is 2.50. The molecule has 2 heterocycles. The number of rotatable bonds is 2. The number of oxime groups is 1. The predicted octanol–water partition coefficient (Wildman–Crippen LogP) is 0.816. The molecule has 1 saturated heterocycles. The first-order valence-electron chi connectivity index (χ1n) is 6.73. The third-order valence-corrected chi connectivity index (χ3v) is 3.24. The standard InChI is InChI=1S/C14H20N4O3/c1-9-7-18(8-14(2,3)21-9)13(19)11-5-4-10(6-16-11)12(15)17-20/h4-6,9,20H,7-8H2,1-3H3,(H2,15,17). The first-order valence-corrected chi connectivity index (χ1v) is 6.73. The number of ether oxygens (including phenoxy) is 1. The summed E-state index contributed by atoms with van der Waals surface area (Å²) in [6, 6.07) is 3.17. The van der Waals surface area contributed by atoms with E-state index in [1.54, 1.807) is 17.0 Å². The van der Waals surface area contributed by atoms with Gasteiger partial charge < -0.3 is 20.6 Å². The van der Waals surface area contributed by atoms with Gasteiger partial charge in [0.15, 0.2) is 5.84 Å². The van der Waals surface area contributed by atoms with Crippen molar-refractivity contribution in [3.8, 4) is 0 Å². The van der Waals surface area contributed by atoms with Crippen molar-refractivity contribution < 1.29 is 14.7 Å². The fourth-order valence-electron chi connectivity index (χ4n) is 2.50. The molecule has 0 aromatic carbocycles. The van der Waals surface area contributed by atoms with Crippen LogP contribution in [0.1, 0.15) is 36.8 Å². The van der Waals surface area contributed by atoms with Crippen LogP contribution in [-0.4, -0.2) is 51.6 Å². The zero-order valence-electron chi connectivity index (χ0n) is 12.4. The van der Waals surface area contributed by atoms with E-state index in [2.05, 4.69) is 10.1 Å². The highest BCUT2D eigenvalue weighted by atomic mass is 16.5. The SMILES string of the molecule is CC1CN(C(=O)c2ccc(C(N)=NO)cn2)CC(C)(C)O1. The Bertz CT molecular complexity index is 554. The summed E-state index contributed by atoms with van der Waals surface area (Å²) in [7, 11) is 0. The number of nitrogens with two attached hydrogens (primary N) is 1. The van der Waals surface area contributed by atoms with Crippen molar-refractivity contribution in [2.75, 3.05) is 13.1 Å². The molecule has 21 heavy (non-hydrogen) atoms. The van der Waals surface area contributed by atoms with Gasteiger partial charge in [-0.15, -0.1) is 0 Å². The van der Waals surface area contributed by atoms with Crippen LogP contribution < -0.4 is 5.73 Å². The number of amides is 1. The second kappa shape index (κ2) is 5.69. The number of hydrogen-bond donors (Lipinski definition) is 2. The quantitative estimate of drug-likeness (QED) is 0.363. The monoisotopic (exact) mass is 292 g/mol. The van der Waals surface area contributed by atoms with E-state index >= 15 is 0 Å². The molecule has 1 aromatic rings. The van der Waals surface area contributed by atoms with Crippen LogP contribution >= 0.6 is 0 Å². The van der Waals surface area contributed by atoms with Crippen molar-refractivity contribution in [2.24, 2.45) is 10.9 Å². The molecule has 7 heteroatoms. The minimum absolute atomic E-state index is 0.0193. The number of carbonyl (C=O) groups excluding carboxylic acids is 1. The van der Waals surface area contributed by atoms with Gasteiger partial charge in [-0.25, -0.2) is 0 Å². The Balaban J connectivity index is 2.16. The maximum absolute atomic E-state index is 12.5. The summed E-state index contributed by atoms with van der Waals surface area (Å²) >= 11 is 0.